The SMILES string of the molecule is CC(OC(=O)CCN1c2ccccc2Sc2ccccc21)C(=O)N1CCCc2ccccc21. The van der Waals surface area contributed by atoms with E-state index in [0.717, 1.165) is 45.3 Å². The average molecular weight is 459 g/mol. The van der Waals surface area contributed by atoms with E-state index in [2.05, 4.69) is 35.2 Å². The predicted molar refractivity (Wildman–Crippen MR) is 131 cm³/mol. The molecule has 2 aliphatic rings. The van der Waals surface area contributed by atoms with Crippen LogP contribution in [0, 0.1) is 0 Å². The van der Waals surface area contributed by atoms with E-state index >= 15 is 0 Å². The molecule has 2 aliphatic heterocycles. The van der Waals surface area contributed by atoms with Crippen molar-refractivity contribution in [3.8, 4) is 0 Å². The second-order valence-electron chi connectivity index (χ2n) is 8.29. The van der Waals surface area contributed by atoms with Crippen molar-refractivity contribution in [3.63, 3.8) is 0 Å². The summed E-state index contributed by atoms with van der Waals surface area (Å²) in [5, 5.41) is 0. The zero-order chi connectivity index (χ0) is 22.8. The number of anilines is 3. The third kappa shape index (κ3) is 4.35. The second kappa shape index (κ2) is 9.32. The molecular formula is C27H26N2O3S. The van der Waals surface area contributed by atoms with Crippen LogP contribution in [0.2, 0.25) is 0 Å². The van der Waals surface area contributed by atoms with Crippen molar-refractivity contribution in [3.05, 3.63) is 78.4 Å². The van der Waals surface area contributed by atoms with E-state index in [4.69, 9.17) is 4.74 Å². The van der Waals surface area contributed by atoms with Crippen LogP contribution in [0.1, 0.15) is 25.3 Å². The number of carbonyl (C=O) groups is 2. The summed E-state index contributed by atoms with van der Waals surface area (Å²) in [4.78, 5) is 32.0. The molecule has 1 unspecified atom stereocenters. The lowest BCUT2D eigenvalue weighted by Crippen LogP contribution is -2.43. The van der Waals surface area contributed by atoms with Gasteiger partial charge in [-0.1, -0.05) is 54.2 Å². The van der Waals surface area contributed by atoms with Gasteiger partial charge in [-0.05, 0) is 55.7 Å². The quantitative estimate of drug-likeness (QED) is 0.467. The molecule has 6 heteroatoms. The number of nitrogens with zero attached hydrogens (tertiary/aromatic N) is 2. The largest absolute Gasteiger partial charge is 0.452 e. The molecule has 0 radical (unpaired) electrons. The normalized spacial score (nSPS) is 15.2. The summed E-state index contributed by atoms with van der Waals surface area (Å²) in [5.74, 6) is -0.533. The van der Waals surface area contributed by atoms with Crippen molar-refractivity contribution in [1.82, 2.24) is 0 Å². The fraction of sp³-hybridized carbons (Fsp3) is 0.259. The lowest BCUT2D eigenvalue weighted by molar-refractivity contribution is -0.153. The Hall–Kier alpha value is -3.25. The highest BCUT2D eigenvalue weighted by Gasteiger charge is 2.29. The summed E-state index contributed by atoms with van der Waals surface area (Å²) in [5.41, 5.74) is 4.26. The Labute approximate surface area is 198 Å². The number of amides is 1. The number of para-hydroxylation sites is 3. The van der Waals surface area contributed by atoms with Gasteiger partial charge in [-0.3, -0.25) is 9.59 Å². The van der Waals surface area contributed by atoms with Crippen LogP contribution in [0.5, 0.6) is 0 Å². The summed E-state index contributed by atoms with van der Waals surface area (Å²) < 4.78 is 5.59. The molecule has 3 aromatic carbocycles. The first kappa shape index (κ1) is 21.6. The van der Waals surface area contributed by atoms with E-state index < -0.39 is 6.10 Å². The van der Waals surface area contributed by atoms with Crippen molar-refractivity contribution in [2.75, 3.05) is 22.9 Å². The molecule has 33 heavy (non-hydrogen) atoms. The van der Waals surface area contributed by atoms with Crippen molar-refractivity contribution in [2.24, 2.45) is 0 Å². The molecule has 5 nitrogen and oxygen atoms in total. The topological polar surface area (TPSA) is 49.9 Å². The number of aryl methyl sites for hydroxylation is 1. The summed E-state index contributed by atoms with van der Waals surface area (Å²) in [6.07, 6.45) is 1.25. The van der Waals surface area contributed by atoms with Crippen LogP contribution in [-0.4, -0.2) is 31.1 Å². The van der Waals surface area contributed by atoms with Crippen LogP contribution >= 0.6 is 11.8 Å². The number of benzene rings is 3. The first-order valence-electron chi connectivity index (χ1n) is 11.3. The Balaban J connectivity index is 1.25. The van der Waals surface area contributed by atoms with Crippen LogP contribution in [0.15, 0.2) is 82.6 Å². The molecule has 0 bridgehead atoms. The lowest BCUT2D eigenvalue weighted by atomic mass is 10.0. The van der Waals surface area contributed by atoms with Gasteiger partial charge in [-0.2, -0.15) is 0 Å². The Morgan fingerprint density at radius 2 is 1.52 bits per heavy atom. The fourth-order valence-electron chi connectivity index (χ4n) is 4.51. The smallest absolute Gasteiger partial charge is 0.308 e. The van der Waals surface area contributed by atoms with Crippen LogP contribution in [0.4, 0.5) is 17.1 Å². The standard InChI is InChI=1S/C27H26N2O3S/c1-19(27(31)29-17-8-10-20-9-2-3-11-21(20)29)32-26(30)16-18-28-22-12-4-6-14-24(22)33-25-15-7-5-13-23(25)28/h2-7,9,11-15,19H,8,10,16-18H2,1H3. The predicted octanol–water partition coefficient (Wildman–Crippen LogP) is 5.59. The van der Waals surface area contributed by atoms with E-state index in [1.807, 2.05) is 42.5 Å². The van der Waals surface area contributed by atoms with Gasteiger partial charge in [-0.15, -0.1) is 0 Å². The molecular weight excluding hydrogens is 432 g/mol. The van der Waals surface area contributed by atoms with Crippen LogP contribution in [-0.2, 0) is 20.7 Å². The minimum absolute atomic E-state index is 0.166. The minimum Gasteiger partial charge on any atom is -0.452 e. The second-order valence-corrected chi connectivity index (χ2v) is 9.38. The Morgan fingerprint density at radius 1 is 0.909 bits per heavy atom. The molecule has 0 aromatic heterocycles. The Morgan fingerprint density at radius 3 is 2.21 bits per heavy atom. The van der Waals surface area contributed by atoms with Gasteiger partial charge < -0.3 is 14.5 Å². The first-order valence-corrected chi connectivity index (χ1v) is 12.2. The Bertz CT molecular complexity index is 1150. The molecule has 3 aromatic rings. The molecule has 5 rings (SSSR count). The summed E-state index contributed by atoms with van der Waals surface area (Å²) in [6.45, 7) is 2.80. The molecule has 2 heterocycles. The highest BCUT2D eigenvalue weighted by molar-refractivity contribution is 7.99. The minimum atomic E-state index is -0.819. The zero-order valence-electron chi connectivity index (χ0n) is 18.6. The van der Waals surface area contributed by atoms with Gasteiger partial charge in [0.15, 0.2) is 6.10 Å². The molecule has 1 atom stereocenters. The van der Waals surface area contributed by atoms with Gasteiger partial charge in [0.25, 0.3) is 5.91 Å². The van der Waals surface area contributed by atoms with E-state index in [0.29, 0.717) is 13.1 Å². The van der Waals surface area contributed by atoms with Crippen molar-refractivity contribution in [2.45, 2.75) is 42.1 Å². The van der Waals surface area contributed by atoms with Gasteiger partial charge in [0.1, 0.15) is 0 Å². The molecule has 0 spiro atoms. The number of carbonyl (C=O) groups excluding carboxylic acids is 2. The molecule has 0 N–H and O–H groups in total. The number of ether oxygens (including phenoxy) is 1. The van der Waals surface area contributed by atoms with Crippen molar-refractivity contribution in [1.29, 1.82) is 0 Å². The number of hydrogen-bond donors (Lipinski definition) is 0. The van der Waals surface area contributed by atoms with Gasteiger partial charge >= 0.3 is 5.97 Å². The maximum absolute atomic E-state index is 13.1. The van der Waals surface area contributed by atoms with E-state index in [1.54, 1.807) is 23.6 Å². The van der Waals surface area contributed by atoms with E-state index in [1.165, 1.54) is 0 Å². The first-order chi connectivity index (χ1) is 16.1. The van der Waals surface area contributed by atoms with Gasteiger partial charge in [0, 0.05) is 28.6 Å². The third-order valence-electron chi connectivity index (χ3n) is 6.10. The number of fused-ring (bicyclic) bond motifs is 3. The molecule has 1 amide bonds. The van der Waals surface area contributed by atoms with Gasteiger partial charge in [0.05, 0.1) is 17.8 Å². The van der Waals surface area contributed by atoms with Crippen molar-refractivity contribution < 1.29 is 14.3 Å². The zero-order valence-corrected chi connectivity index (χ0v) is 19.4. The van der Waals surface area contributed by atoms with Crippen LogP contribution in [0.25, 0.3) is 0 Å². The fourth-order valence-corrected chi connectivity index (χ4v) is 5.61. The highest BCUT2D eigenvalue weighted by atomic mass is 32.2. The van der Waals surface area contributed by atoms with Gasteiger partial charge in [-0.25, -0.2) is 0 Å². The molecule has 168 valence electrons. The molecule has 0 saturated heterocycles. The van der Waals surface area contributed by atoms with E-state index in [-0.39, 0.29) is 18.3 Å². The summed E-state index contributed by atoms with van der Waals surface area (Å²) >= 11 is 1.74. The lowest BCUT2D eigenvalue weighted by Gasteiger charge is -2.33. The average Bonchev–Trinajstić information content (AvgIpc) is 2.85. The van der Waals surface area contributed by atoms with Crippen LogP contribution in [0.3, 0.4) is 0 Å². The molecule has 0 aliphatic carbocycles. The van der Waals surface area contributed by atoms with Crippen molar-refractivity contribution >= 4 is 40.7 Å². The summed E-state index contributed by atoms with van der Waals surface area (Å²) in [6, 6.07) is 24.4. The van der Waals surface area contributed by atoms with Gasteiger partial charge in [0.2, 0.25) is 0 Å². The third-order valence-corrected chi connectivity index (χ3v) is 7.23. The number of hydrogen-bond acceptors (Lipinski definition) is 5. The molecule has 0 saturated carbocycles. The van der Waals surface area contributed by atoms with E-state index in [9.17, 15) is 9.59 Å². The Kier molecular flexibility index (Phi) is 6.09. The van der Waals surface area contributed by atoms with Crippen LogP contribution < -0.4 is 9.80 Å². The molecule has 0 fully saturated rings. The monoisotopic (exact) mass is 458 g/mol. The number of rotatable bonds is 5. The summed E-state index contributed by atoms with van der Waals surface area (Å²) in [7, 11) is 0. The highest BCUT2D eigenvalue weighted by Crippen LogP contribution is 2.47. The number of esters is 1. The maximum Gasteiger partial charge on any atom is 0.308 e. The maximum atomic E-state index is 13.1.